The Hall–Kier alpha value is -3.62. The Bertz CT molecular complexity index is 1060. The lowest BCUT2D eigenvalue weighted by atomic mass is 10.0. The average Bonchev–Trinajstić information content (AvgIpc) is 3.14. The van der Waals surface area contributed by atoms with Crippen LogP contribution < -0.4 is 14.8 Å². The van der Waals surface area contributed by atoms with Crippen molar-refractivity contribution in [1.82, 2.24) is 15.3 Å². The molecule has 4 rings (SSSR count). The summed E-state index contributed by atoms with van der Waals surface area (Å²) in [4.78, 5) is 19.9. The zero-order chi connectivity index (χ0) is 21.1. The van der Waals surface area contributed by atoms with Crippen LogP contribution in [-0.4, -0.2) is 34.9 Å². The first-order valence-corrected chi connectivity index (χ1v) is 9.07. The fourth-order valence-electron chi connectivity index (χ4n) is 3.20. The summed E-state index contributed by atoms with van der Waals surface area (Å²) in [6, 6.07) is 11.2. The molecule has 0 radical (unpaired) electrons. The molecule has 0 fully saturated rings. The fourth-order valence-corrected chi connectivity index (χ4v) is 3.20. The first kappa shape index (κ1) is 19.7. The van der Waals surface area contributed by atoms with Crippen molar-refractivity contribution in [2.24, 2.45) is 0 Å². The summed E-state index contributed by atoms with van der Waals surface area (Å²) >= 11 is 0. The zero-order valence-electron chi connectivity index (χ0n) is 15.5. The molecule has 3 aromatic rings. The number of carbonyl (C=O) groups excluding carboxylic acids is 1. The van der Waals surface area contributed by atoms with Crippen LogP contribution in [0.3, 0.4) is 0 Å². The quantitative estimate of drug-likeness (QED) is 0.687. The Morgan fingerprint density at radius 3 is 2.77 bits per heavy atom. The normalized spacial score (nSPS) is 15.2. The van der Waals surface area contributed by atoms with E-state index in [9.17, 15) is 18.0 Å². The topological polar surface area (TPSA) is 73.3 Å². The van der Waals surface area contributed by atoms with Gasteiger partial charge in [0.25, 0.3) is 5.91 Å². The van der Waals surface area contributed by atoms with Crippen molar-refractivity contribution in [2.45, 2.75) is 18.9 Å². The van der Waals surface area contributed by atoms with E-state index in [-0.39, 0.29) is 30.0 Å². The molecule has 0 aliphatic carbocycles. The van der Waals surface area contributed by atoms with Gasteiger partial charge < -0.3 is 14.8 Å². The maximum atomic E-state index is 12.5. The lowest BCUT2D eigenvalue weighted by Crippen LogP contribution is -2.34. The van der Waals surface area contributed by atoms with Gasteiger partial charge in [0.15, 0.2) is 0 Å². The lowest BCUT2D eigenvalue weighted by molar-refractivity contribution is -0.274. The van der Waals surface area contributed by atoms with Crippen molar-refractivity contribution in [3.8, 4) is 22.6 Å². The van der Waals surface area contributed by atoms with Crippen molar-refractivity contribution in [2.75, 3.05) is 6.54 Å². The monoisotopic (exact) mass is 415 g/mol. The first-order valence-electron chi connectivity index (χ1n) is 9.07. The van der Waals surface area contributed by atoms with Gasteiger partial charge in [-0.05, 0) is 41.0 Å². The molecule has 9 heteroatoms. The highest BCUT2D eigenvalue weighted by Gasteiger charge is 2.31. The predicted molar refractivity (Wildman–Crippen MR) is 101 cm³/mol. The second-order valence-corrected chi connectivity index (χ2v) is 6.64. The molecule has 0 bridgehead atoms. The molecule has 30 heavy (non-hydrogen) atoms. The molecule has 0 saturated heterocycles. The van der Waals surface area contributed by atoms with E-state index < -0.39 is 6.36 Å². The molecule has 1 aliphatic heterocycles. The third kappa shape index (κ3) is 4.68. The van der Waals surface area contributed by atoms with Crippen LogP contribution in [-0.2, 0) is 6.42 Å². The summed E-state index contributed by atoms with van der Waals surface area (Å²) in [5, 5.41) is 2.76. The van der Waals surface area contributed by atoms with Gasteiger partial charge in [-0.1, -0.05) is 18.2 Å². The van der Waals surface area contributed by atoms with Gasteiger partial charge >= 0.3 is 6.36 Å². The minimum Gasteiger partial charge on any atom is -0.488 e. The number of nitrogens with zero attached hydrogens (tertiary/aromatic N) is 2. The Labute approximate surface area is 169 Å². The number of hydrogen-bond acceptors (Lipinski definition) is 5. The standard InChI is InChI=1S/C21H16F3N3O3/c22-21(23,24)30-16-3-1-2-13(9-16)14-4-5-19-15(8-14)10-17(29-19)11-27-20(28)18-12-25-6-7-26-18/h1-9,12,17H,10-11H2,(H,27,28). The Balaban J connectivity index is 1.42. The van der Waals surface area contributed by atoms with Crippen molar-refractivity contribution >= 4 is 5.91 Å². The molecule has 1 atom stereocenters. The molecule has 0 saturated carbocycles. The van der Waals surface area contributed by atoms with E-state index in [0.29, 0.717) is 17.7 Å². The molecule has 1 aliphatic rings. The fraction of sp³-hybridized carbons (Fsp3) is 0.190. The number of nitrogens with one attached hydrogen (secondary N) is 1. The number of halogens is 3. The molecule has 2 aromatic carbocycles. The van der Waals surface area contributed by atoms with Gasteiger partial charge in [-0.15, -0.1) is 13.2 Å². The van der Waals surface area contributed by atoms with E-state index in [1.165, 1.54) is 36.8 Å². The summed E-state index contributed by atoms with van der Waals surface area (Å²) in [5.41, 5.74) is 2.47. The number of hydrogen-bond donors (Lipinski definition) is 1. The Kier molecular flexibility index (Phi) is 5.26. The van der Waals surface area contributed by atoms with E-state index in [4.69, 9.17) is 4.74 Å². The second kappa shape index (κ2) is 8.02. The summed E-state index contributed by atoms with van der Waals surface area (Å²) in [6.45, 7) is 0.286. The minimum absolute atomic E-state index is 0.219. The minimum atomic E-state index is -4.74. The van der Waals surface area contributed by atoms with Crippen LogP contribution in [0.25, 0.3) is 11.1 Å². The Morgan fingerprint density at radius 1 is 1.17 bits per heavy atom. The van der Waals surface area contributed by atoms with Gasteiger partial charge in [-0.3, -0.25) is 9.78 Å². The van der Waals surface area contributed by atoms with Crippen LogP contribution >= 0.6 is 0 Å². The van der Waals surface area contributed by atoms with Gasteiger partial charge in [-0.2, -0.15) is 0 Å². The van der Waals surface area contributed by atoms with Crippen LogP contribution in [0.5, 0.6) is 11.5 Å². The van der Waals surface area contributed by atoms with Crippen LogP contribution in [0.15, 0.2) is 61.1 Å². The van der Waals surface area contributed by atoms with E-state index in [2.05, 4.69) is 20.0 Å². The first-order chi connectivity index (χ1) is 14.4. The number of rotatable bonds is 5. The third-order valence-electron chi connectivity index (χ3n) is 4.49. The van der Waals surface area contributed by atoms with Crippen LogP contribution in [0.4, 0.5) is 13.2 Å². The predicted octanol–water partition coefficient (Wildman–Crippen LogP) is 3.78. The summed E-state index contributed by atoms with van der Waals surface area (Å²) < 4.78 is 47.2. The lowest BCUT2D eigenvalue weighted by Gasteiger charge is -2.11. The molecule has 1 amide bonds. The molecule has 6 nitrogen and oxygen atoms in total. The number of ether oxygens (including phenoxy) is 2. The molecule has 0 spiro atoms. The maximum Gasteiger partial charge on any atom is 0.573 e. The molecular formula is C21H16F3N3O3. The van der Waals surface area contributed by atoms with Gasteiger partial charge in [0.05, 0.1) is 12.7 Å². The largest absolute Gasteiger partial charge is 0.573 e. The second-order valence-electron chi connectivity index (χ2n) is 6.64. The highest BCUT2D eigenvalue weighted by atomic mass is 19.4. The van der Waals surface area contributed by atoms with Crippen LogP contribution in [0, 0.1) is 0 Å². The zero-order valence-corrected chi connectivity index (χ0v) is 15.5. The van der Waals surface area contributed by atoms with Crippen molar-refractivity contribution < 1.29 is 27.4 Å². The van der Waals surface area contributed by atoms with Gasteiger partial charge in [0, 0.05) is 18.8 Å². The number of amides is 1. The highest BCUT2D eigenvalue weighted by Crippen LogP contribution is 2.34. The molecular weight excluding hydrogens is 399 g/mol. The Morgan fingerprint density at radius 2 is 2.00 bits per heavy atom. The smallest absolute Gasteiger partial charge is 0.488 e. The van der Waals surface area contributed by atoms with Crippen molar-refractivity contribution in [3.63, 3.8) is 0 Å². The molecule has 1 aromatic heterocycles. The van der Waals surface area contributed by atoms with Gasteiger partial charge in [0.1, 0.15) is 23.3 Å². The maximum absolute atomic E-state index is 12.5. The van der Waals surface area contributed by atoms with Crippen molar-refractivity contribution in [3.05, 3.63) is 72.3 Å². The number of fused-ring (bicyclic) bond motifs is 1. The number of carbonyl (C=O) groups is 1. The molecule has 1 N–H and O–H groups in total. The van der Waals surface area contributed by atoms with E-state index >= 15 is 0 Å². The summed E-state index contributed by atoms with van der Waals surface area (Å²) in [7, 11) is 0. The van der Waals surface area contributed by atoms with E-state index in [0.717, 1.165) is 11.1 Å². The number of benzene rings is 2. The molecule has 154 valence electrons. The summed E-state index contributed by atoms with van der Waals surface area (Å²) in [5.74, 6) is 0.0615. The molecule has 2 heterocycles. The molecule has 1 unspecified atom stereocenters. The van der Waals surface area contributed by atoms with E-state index in [1.54, 1.807) is 18.2 Å². The third-order valence-corrected chi connectivity index (χ3v) is 4.49. The summed E-state index contributed by atoms with van der Waals surface area (Å²) in [6.07, 6.45) is -0.141. The number of aromatic nitrogens is 2. The van der Waals surface area contributed by atoms with Gasteiger partial charge in [0.2, 0.25) is 0 Å². The SMILES string of the molecule is O=C(NCC1Cc2cc(-c3cccc(OC(F)(F)F)c3)ccc2O1)c1cnccn1. The highest BCUT2D eigenvalue weighted by molar-refractivity contribution is 5.91. The van der Waals surface area contributed by atoms with E-state index in [1.807, 2.05) is 6.07 Å². The van der Waals surface area contributed by atoms with Crippen LogP contribution in [0.2, 0.25) is 0 Å². The number of alkyl halides is 3. The van der Waals surface area contributed by atoms with Gasteiger partial charge in [-0.25, -0.2) is 4.98 Å². The van der Waals surface area contributed by atoms with Crippen molar-refractivity contribution in [1.29, 1.82) is 0 Å². The average molecular weight is 415 g/mol. The van der Waals surface area contributed by atoms with Crippen LogP contribution in [0.1, 0.15) is 16.1 Å².